The topological polar surface area (TPSA) is 149 Å². The Balaban J connectivity index is 1.99. The molecule has 1 rings (SSSR count). The van der Waals surface area contributed by atoms with Gasteiger partial charge in [0.1, 0.15) is 24.4 Å². The third-order valence-corrected chi connectivity index (χ3v) is 17.1. The van der Waals surface area contributed by atoms with Gasteiger partial charge in [-0.3, -0.25) is 4.79 Å². The molecule has 9 nitrogen and oxygen atoms in total. The molecule has 0 radical (unpaired) electrons. The van der Waals surface area contributed by atoms with Crippen molar-refractivity contribution in [3.63, 3.8) is 0 Å². The molecular weight excluding hydrogens is 971 g/mol. The molecule has 9 heteroatoms. The highest BCUT2D eigenvalue weighted by Crippen LogP contribution is 2.24. The molecule has 1 heterocycles. The number of carbonyl (C=O) groups excluding carboxylic acids is 1. The van der Waals surface area contributed by atoms with Crippen LogP contribution in [0.2, 0.25) is 0 Å². The lowest BCUT2D eigenvalue weighted by molar-refractivity contribution is -0.302. The van der Waals surface area contributed by atoms with Crippen molar-refractivity contribution in [3.8, 4) is 0 Å². The van der Waals surface area contributed by atoms with Crippen LogP contribution in [0.5, 0.6) is 0 Å². The summed E-state index contributed by atoms with van der Waals surface area (Å²) in [5.41, 5.74) is 0. The lowest BCUT2D eigenvalue weighted by atomic mass is 9.99. The quantitative estimate of drug-likeness (QED) is 0.0261. The minimum absolute atomic E-state index is 0.169. The summed E-state index contributed by atoms with van der Waals surface area (Å²) < 4.78 is 11.3. The number of unbranched alkanes of at least 4 members (excludes halogenated alkanes) is 52. The van der Waals surface area contributed by atoms with E-state index in [2.05, 4.69) is 19.2 Å². The van der Waals surface area contributed by atoms with E-state index in [9.17, 15) is 30.3 Å². The van der Waals surface area contributed by atoms with Gasteiger partial charge >= 0.3 is 0 Å². The van der Waals surface area contributed by atoms with E-state index in [1.165, 1.54) is 308 Å². The maximum absolute atomic E-state index is 13.1. The van der Waals surface area contributed by atoms with Crippen LogP contribution in [0.3, 0.4) is 0 Å². The van der Waals surface area contributed by atoms with Crippen LogP contribution in [0.15, 0.2) is 12.2 Å². The maximum atomic E-state index is 13.1. The zero-order valence-electron chi connectivity index (χ0n) is 52.0. The molecule has 1 aliphatic rings. The Hall–Kier alpha value is -1.07. The van der Waals surface area contributed by atoms with E-state index in [1.54, 1.807) is 6.08 Å². The molecule has 0 saturated carbocycles. The Morgan fingerprint density at radius 1 is 0.423 bits per heavy atom. The van der Waals surface area contributed by atoms with E-state index < -0.39 is 49.5 Å². The third kappa shape index (κ3) is 47.4. The van der Waals surface area contributed by atoms with Crippen molar-refractivity contribution >= 4 is 5.91 Å². The minimum atomic E-state index is -1.56. The monoisotopic (exact) mass is 1110 g/mol. The predicted octanol–water partition coefficient (Wildman–Crippen LogP) is 18.7. The highest BCUT2D eigenvalue weighted by Gasteiger charge is 2.44. The lowest BCUT2D eigenvalue weighted by Crippen LogP contribution is -2.60. The number of ether oxygens (including phenoxy) is 2. The van der Waals surface area contributed by atoms with Gasteiger partial charge in [0.15, 0.2) is 6.29 Å². The molecule has 7 unspecified atom stereocenters. The van der Waals surface area contributed by atoms with Crippen LogP contribution >= 0.6 is 0 Å². The first-order valence-corrected chi connectivity index (χ1v) is 34.9. The number of hydrogen-bond acceptors (Lipinski definition) is 8. The summed E-state index contributed by atoms with van der Waals surface area (Å²) in [6.07, 6.45) is 69.2. The SMILES string of the molecule is CCCCCCCCCCCCCC/C=C/C(O)C(COC1OC(CO)C(O)C(O)C1O)NC(=O)CCCCCCCCCCCCCCCCCCCCCCCCCCCCCCCCCCCCCCCCCCC. The van der Waals surface area contributed by atoms with Crippen molar-refractivity contribution < 1.29 is 39.8 Å². The molecule has 78 heavy (non-hydrogen) atoms. The van der Waals surface area contributed by atoms with Crippen molar-refractivity contribution in [1.82, 2.24) is 5.32 Å². The largest absolute Gasteiger partial charge is 0.394 e. The van der Waals surface area contributed by atoms with E-state index in [4.69, 9.17) is 9.47 Å². The summed E-state index contributed by atoms with van der Waals surface area (Å²) in [4.78, 5) is 13.1. The van der Waals surface area contributed by atoms with Gasteiger partial charge in [-0.25, -0.2) is 0 Å². The molecule has 0 aliphatic carbocycles. The number of aliphatic hydroxyl groups is 5. The summed E-state index contributed by atoms with van der Waals surface area (Å²) in [5.74, 6) is -0.169. The fourth-order valence-corrected chi connectivity index (χ4v) is 11.6. The second-order valence-electron chi connectivity index (χ2n) is 24.7. The standard InChI is InChI=1S/C69H135NO8/c1-3-5-7-9-11-13-15-17-19-20-21-22-23-24-25-26-27-28-29-30-31-32-33-34-35-36-37-38-39-40-41-42-43-44-45-47-49-51-53-55-57-59-65(73)70-62(61-77-69-68(76)67(75)66(74)64(60-71)78-69)63(72)58-56-54-52-50-48-46-18-16-14-12-10-8-6-4-2/h56,58,62-64,66-69,71-72,74-76H,3-55,57,59-61H2,1-2H3,(H,70,73)/b58-56+. The van der Waals surface area contributed by atoms with Gasteiger partial charge in [0.2, 0.25) is 5.91 Å². The number of allylic oxidation sites excluding steroid dienone is 1. The Bertz CT molecular complexity index is 1240. The number of amides is 1. The van der Waals surface area contributed by atoms with Crippen LogP contribution in [0.1, 0.15) is 367 Å². The Kier molecular flexibility index (Phi) is 56.8. The molecule has 7 atom stereocenters. The smallest absolute Gasteiger partial charge is 0.220 e. The molecule has 0 aromatic carbocycles. The third-order valence-electron chi connectivity index (χ3n) is 17.1. The number of aliphatic hydroxyl groups excluding tert-OH is 5. The molecule has 464 valence electrons. The molecule has 0 aromatic rings. The minimum Gasteiger partial charge on any atom is -0.394 e. The molecule has 1 amide bonds. The van der Waals surface area contributed by atoms with Crippen LogP contribution in [0, 0.1) is 0 Å². The number of rotatable bonds is 62. The fraction of sp³-hybridized carbons (Fsp3) is 0.957. The molecule has 0 bridgehead atoms. The van der Waals surface area contributed by atoms with Crippen molar-refractivity contribution in [1.29, 1.82) is 0 Å². The van der Waals surface area contributed by atoms with Crippen LogP contribution < -0.4 is 5.32 Å². The first kappa shape index (κ1) is 74.9. The molecule has 6 N–H and O–H groups in total. The summed E-state index contributed by atoms with van der Waals surface area (Å²) in [5, 5.41) is 54.5. The molecule has 0 aromatic heterocycles. The summed E-state index contributed by atoms with van der Waals surface area (Å²) >= 11 is 0. The van der Waals surface area contributed by atoms with Crippen molar-refractivity contribution in [2.45, 2.75) is 410 Å². The molecule has 1 saturated heterocycles. The normalized spacial score (nSPS) is 18.6. The molecule has 1 fully saturated rings. The van der Waals surface area contributed by atoms with E-state index in [-0.39, 0.29) is 12.5 Å². The van der Waals surface area contributed by atoms with Gasteiger partial charge in [-0.05, 0) is 19.3 Å². The maximum Gasteiger partial charge on any atom is 0.220 e. The van der Waals surface area contributed by atoms with Crippen LogP contribution in [0.4, 0.5) is 0 Å². The zero-order valence-corrected chi connectivity index (χ0v) is 52.0. The first-order valence-electron chi connectivity index (χ1n) is 34.9. The van der Waals surface area contributed by atoms with E-state index >= 15 is 0 Å². The summed E-state index contributed by atoms with van der Waals surface area (Å²) in [6.45, 7) is 3.82. The number of hydrogen-bond donors (Lipinski definition) is 6. The number of nitrogens with one attached hydrogen (secondary N) is 1. The number of carbonyl (C=O) groups is 1. The Morgan fingerprint density at radius 2 is 0.705 bits per heavy atom. The second kappa shape index (κ2) is 59.1. The summed E-state index contributed by atoms with van der Waals surface area (Å²) in [6, 6.07) is -0.800. The van der Waals surface area contributed by atoms with Crippen LogP contribution in [-0.2, 0) is 14.3 Å². The van der Waals surface area contributed by atoms with Gasteiger partial charge < -0.3 is 40.3 Å². The highest BCUT2D eigenvalue weighted by molar-refractivity contribution is 5.76. The highest BCUT2D eigenvalue weighted by atomic mass is 16.7. The van der Waals surface area contributed by atoms with Gasteiger partial charge in [0.25, 0.3) is 0 Å². The van der Waals surface area contributed by atoms with Gasteiger partial charge in [-0.1, -0.05) is 353 Å². The first-order chi connectivity index (χ1) is 38.3. The van der Waals surface area contributed by atoms with E-state index in [0.717, 1.165) is 38.5 Å². The van der Waals surface area contributed by atoms with Crippen molar-refractivity contribution in [3.05, 3.63) is 12.2 Å². The summed E-state index contributed by atoms with van der Waals surface area (Å²) in [7, 11) is 0. The lowest BCUT2D eigenvalue weighted by Gasteiger charge is -2.40. The Labute approximate surface area is 484 Å². The van der Waals surface area contributed by atoms with E-state index in [0.29, 0.717) is 6.42 Å². The van der Waals surface area contributed by atoms with Gasteiger partial charge in [-0.15, -0.1) is 0 Å². The molecule has 0 spiro atoms. The average molecular weight is 1110 g/mol. The van der Waals surface area contributed by atoms with Crippen molar-refractivity contribution in [2.75, 3.05) is 13.2 Å². The van der Waals surface area contributed by atoms with E-state index in [1.807, 2.05) is 6.08 Å². The zero-order chi connectivity index (χ0) is 56.5. The molecule has 1 aliphatic heterocycles. The average Bonchev–Trinajstić information content (AvgIpc) is 3.46. The van der Waals surface area contributed by atoms with Crippen LogP contribution in [0.25, 0.3) is 0 Å². The van der Waals surface area contributed by atoms with Gasteiger partial charge in [0.05, 0.1) is 25.4 Å². The van der Waals surface area contributed by atoms with Gasteiger partial charge in [0, 0.05) is 6.42 Å². The fourth-order valence-electron chi connectivity index (χ4n) is 11.6. The van der Waals surface area contributed by atoms with Gasteiger partial charge in [-0.2, -0.15) is 0 Å². The van der Waals surface area contributed by atoms with Crippen LogP contribution in [-0.4, -0.2) is 87.5 Å². The van der Waals surface area contributed by atoms with Crippen molar-refractivity contribution in [2.24, 2.45) is 0 Å². The second-order valence-corrected chi connectivity index (χ2v) is 24.7. The Morgan fingerprint density at radius 3 is 1.00 bits per heavy atom. The molecular formula is C69H135NO8. The predicted molar refractivity (Wildman–Crippen MR) is 332 cm³/mol.